The van der Waals surface area contributed by atoms with Crippen LogP contribution in [-0.2, 0) is 0 Å². The van der Waals surface area contributed by atoms with Gasteiger partial charge in [-0.1, -0.05) is 0 Å². The zero-order valence-electron chi connectivity index (χ0n) is 6.88. The zero-order chi connectivity index (χ0) is 8.97. The molecule has 12 heavy (non-hydrogen) atoms. The highest BCUT2D eigenvalue weighted by atomic mass is 79.9. The van der Waals surface area contributed by atoms with E-state index in [1.807, 2.05) is 7.05 Å². The van der Waals surface area contributed by atoms with E-state index in [4.69, 9.17) is 0 Å². The van der Waals surface area contributed by atoms with Crippen LogP contribution >= 0.6 is 39.9 Å². The second-order valence-electron chi connectivity index (χ2n) is 2.52. The van der Waals surface area contributed by atoms with Gasteiger partial charge in [0, 0.05) is 20.8 Å². The van der Waals surface area contributed by atoms with Crippen molar-refractivity contribution in [3.8, 4) is 0 Å². The van der Waals surface area contributed by atoms with Crippen molar-refractivity contribution in [3.63, 3.8) is 0 Å². The first-order chi connectivity index (χ1) is 5.77. The summed E-state index contributed by atoms with van der Waals surface area (Å²) < 4.78 is 1.17. The third kappa shape index (κ3) is 2.76. The maximum atomic E-state index is 4.22. The second kappa shape index (κ2) is 5.27. The molecule has 1 atom stereocenters. The number of nitrogens with one attached hydrogen (secondary N) is 1. The monoisotopic (exact) mass is 265 g/mol. The standard InChI is InChI=1S/C8H12BrNS2/c1-10-7(2-3-11)8-4-6(9)5-12-8/h4-5,7,10-11H,2-3H2,1H3. The predicted octanol–water partition coefficient (Wildman–Crippen LogP) is 3.09. The number of hydrogen-bond acceptors (Lipinski definition) is 3. The molecule has 68 valence electrons. The normalized spacial score (nSPS) is 13.2. The molecule has 0 spiro atoms. The minimum absolute atomic E-state index is 0.457. The molecule has 4 heteroatoms. The third-order valence-corrected chi connectivity index (χ3v) is 3.76. The Labute approximate surface area is 91.1 Å². The topological polar surface area (TPSA) is 12.0 Å². The minimum Gasteiger partial charge on any atom is -0.312 e. The van der Waals surface area contributed by atoms with Gasteiger partial charge in [-0.05, 0) is 41.2 Å². The summed E-state index contributed by atoms with van der Waals surface area (Å²) in [5.74, 6) is 0.918. The van der Waals surface area contributed by atoms with Gasteiger partial charge in [0.05, 0.1) is 0 Å². The molecule has 0 saturated carbocycles. The first-order valence-electron chi connectivity index (χ1n) is 3.80. The van der Waals surface area contributed by atoms with Crippen LogP contribution < -0.4 is 5.32 Å². The van der Waals surface area contributed by atoms with Crippen molar-refractivity contribution in [2.24, 2.45) is 0 Å². The molecule has 0 aliphatic carbocycles. The van der Waals surface area contributed by atoms with E-state index < -0.39 is 0 Å². The van der Waals surface area contributed by atoms with Crippen LogP contribution in [0.4, 0.5) is 0 Å². The maximum absolute atomic E-state index is 4.22. The summed E-state index contributed by atoms with van der Waals surface area (Å²) in [6.45, 7) is 0. The summed E-state index contributed by atoms with van der Waals surface area (Å²) in [4.78, 5) is 1.37. The highest BCUT2D eigenvalue weighted by Gasteiger charge is 2.09. The van der Waals surface area contributed by atoms with Gasteiger partial charge in [0.25, 0.3) is 0 Å². The molecule has 1 unspecified atom stereocenters. The van der Waals surface area contributed by atoms with Crippen LogP contribution in [0, 0.1) is 0 Å². The smallest absolute Gasteiger partial charge is 0.0420 e. The fraction of sp³-hybridized carbons (Fsp3) is 0.500. The average molecular weight is 266 g/mol. The Morgan fingerprint density at radius 2 is 2.50 bits per heavy atom. The first-order valence-corrected chi connectivity index (χ1v) is 6.10. The molecule has 0 aliphatic heterocycles. The average Bonchev–Trinajstić information content (AvgIpc) is 2.47. The first kappa shape index (κ1) is 10.6. The van der Waals surface area contributed by atoms with Gasteiger partial charge in [0.2, 0.25) is 0 Å². The lowest BCUT2D eigenvalue weighted by atomic mass is 10.2. The largest absolute Gasteiger partial charge is 0.312 e. The van der Waals surface area contributed by atoms with E-state index in [-0.39, 0.29) is 0 Å². The molecule has 0 aromatic carbocycles. The molecule has 0 bridgehead atoms. The van der Waals surface area contributed by atoms with Crippen molar-refractivity contribution in [2.45, 2.75) is 12.5 Å². The molecule has 1 heterocycles. The number of thiophene rings is 1. The van der Waals surface area contributed by atoms with Crippen molar-refractivity contribution in [1.82, 2.24) is 5.32 Å². The summed E-state index contributed by atoms with van der Waals surface area (Å²) in [5, 5.41) is 5.38. The zero-order valence-corrected chi connectivity index (χ0v) is 10.2. The molecule has 0 radical (unpaired) electrons. The summed E-state index contributed by atoms with van der Waals surface area (Å²) in [7, 11) is 1.99. The fourth-order valence-corrected chi connectivity index (χ4v) is 2.92. The van der Waals surface area contributed by atoms with Crippen LogP contribution in [0.15, 0.2) is 15.9 Å². The van der Waals surface area contributed by atoms with E-state index in [0.717, 1.165) is 12.2 Å². The van der Waals surface area contributed by atoms with Crippen molar-refractivity contribution in [2.75, 3.05) is 12.8 Å². The van der Waals surface area contributed by atoms with Crippen LogP contribution in [0.5, 0.6) is 0 Å². The van der Waals surface area contributed by atoms with Crippen molar-refractivity contribution < 1.29 is 0 Å². The van der Waals surface area contributed by atoms with E-state index in [9.17, 15) is 0 Å². The molecule has 0 amide bonds. The van der Waals surface area contributed by atoms with Gasteiger partial charge in [0.1, 0.15) is 0 Å². The van der Waals surface area contributed by atoms with Crippen LogP contribution in [0.2, 0.25) is 0 Å². The maximum Gasteiger partial charge on any atom is 0.0420 e. The van der Waals surface area contributed by atoms with E-state index >= 15 is 0 Å². The Morgan fingerprint density at radius 1 is 1.75 bits per heavy atom. The Bertz CT molecular complexity index is 237. The van der Waals surface area contributed by atoms with E-state index in [0.29, 0.717) is 6.04 Å². The second-order valence-corrected chi connectivity index (χ2v) is 4.83. The molecule has 0 fully saturated rings. The highest BCUT2D eigenvalue weighted by molar-refractivity contribution is 9.10. The number of thiol groups is 1. The van der Waals surface area contributed by atoms with Gasteiger partial charge in [0.15, 0.2) is 0 Å². The van der Waals surface area contributed by atoms with Gasteiger partial charge >= 0.3 is 0 Å². The molecule has 1 nitrogen and oxygen atoms in total. The van der Waals surface area contributed by atoms with Crippen molar-refractivity contribution >= 4 is 39.9 Å². The van der Waals surface area contributed by atoms with Crippen molar-refractivity contribution in [1.29, 1.82) is 0 Å². The summed E-state index contributed by atoms with van der Waals surface area (Å²) in [6, 6.07) is 2.62. The molecule has 0 saturated heterocycles. The Hall–Kier alpha value is 0.490. The van der Waals surface area contributed by atoms with E-state index in [1.165, 1.54) is 9.35 Å². The Morgan fingerprint density at radius 3 is 2.92 bits per heavy atom. The Balaban J connectivity index is 2.66. The van der Waals surface area contributed by atoms with E-state index in [1.54, 1.807) is 11.3 Å². The lowest BCUT2D eigenvalue weighted by Gasteiger charge is -2.11. The summed E-state index contributed by atoms with van der Waals surface area (Å²) in [6.07, 6.45) is 1.08. The van der Waals surface area contributed by atoms with E-state index in [2.05, 4.69) is 45.3 Å². The van der Waals surface area contributed by atoms with Crippen molar-refractivity contribution in [3.05, 3.63) is 20.8 Å². The molecule has 1 aromatic heterocycles. The SMILES string of the molecule is CNC(CCS)c1cc(Br)cs1. The van der Waals surface area contributed by atoms with Gasteiger partial charge in [-0.25, -0.2) is 0 Å². The summed E-state index contributed by atoms with van der Waals surface area (Å²) in [5.41, 5.74) is 0. The lowest BCUT2D eigenvalue weighted by molar-refractivity contribution is 0.591. The molecule has 0 aliphatic rings. The fourth-order valence-electron chi connectivity index (χ4n) is 1.07. The number of hydrogen-bond donors (Lipinski definition) is 2. The summed E-state index contributed by atoms with van der Waals surface area (Å²) >= 11 is 9.45. The Kier molecular flexibility index (Phi) is 4.64. The van der Waals surface area contributed by atoms with Gasteiger partial charge in [-0.3, -0.25) is 0 Å². The number of rotatable bonds is 4. The van der Waals surface area contributed by atoms with Crippen LogP contribution in [0.3, 0.4) is 0 Å². The lowest BCUT2D eigenvalue weighted by Crippen LogP contribution is -2.15. The predicted molar refractivity (Wildman–Crippen MR) is 62.3 cm³/mol. The molecule has 1 aromatic rings. The van der Waals surface area contributed by atoms with Crippen LogP contribution in [-0.4, -0.2) is 12.8 Å². The van der Waals surface area contributed by atoms with Gasteiger partial charge < -0.3 is 5.32 Å². The molecule has 1 N–H and O–H groups in total. The van der Waals surface area contributed by atoms with Gasteiger partial charge in [-0.15, -0.1) is 11.3 Å². The third-order valence-electron chi connectivity index (χ3n) is 1.70. The van der Waals surface area contributed by atoms with Crippen LogP contribution in [0.25, 0.3) is 0 Å². The highest BCUT2D eigenvalue weighted by Crippen LogP contribution is 2.27. The number of halogens is 1. The minimum atomic E-state index is 0.457. The van der Waals surface area contributed by atoms with Gasteiger partial charge in [-0.2, -0.15) is 12.6 Å². The molecular weight excluding hydrogens is 254 g/mol. The molecule has 1 rings (SSSR count). The van der Waals surface area contributed by atoms with Crippen LogP contribution in [0.1, 0.15) is 17.3 Å². The molecular formula is C8H12BrNS2. The quantitative estimate of drug-likeness (QED) is 0.798.